The van der Waals surface area contributed by atoms with Crippen molar-refractivity contribution in [3.8, 4) is 0 Å². The molecule has 0 aliphatic heterocycles. The normalized spacial score (nSPS) is 13.8. The fourth-order valence-corrected chi connectivity index (χ4v) is 6.08. The van der Waals surface area contributed by atoms with Gasteiger partial charge in [0.05, 0.1) is 13.2 Å². The van der Waals surface area contributed by atoms with Gasteiger partial charge in [-0.1, -0.05) is 133 Å². The molecule has 2 unspecified atom stereocenters. The van der Waals surface area contributed by atoms with Gasteiger partial charge in [-0.2, -0.15) is 0 Å². The number of carbonyl (C=O) groups excluding carboxylic acids is 2. The second-order valence-electron chi connectivity index (χ2n) is 13.4. The molecule has 0 aromatic rings. The number of nitrogens with one attached hydrogen (secondary N) is 1. The predicted molar refractivity (Wildman–Crippen MR) is 215 cm³/mol. The van der Waals surface area contributed by atoms with Crippen LogP contribution < -0.4 is 5.32 Å². The zero-order valence-electron chi connectivity index (χ0n) is 33.2. The number of phosphoric ester groups is 1. The molecular weight excluding hydrogens is 677 g/mol. The summed E-state index contributed by atoms with van der Waals surface area (Å²) in [6, 6.07) is 0. The first-order chi connectivity index (χ1) is 25.3. The fraction of sp³-hybridized carbons (Fsp3) is 0.762. The van der Waals surface area contributed by atoms with E-state index in [4.69, 9.17) is 18.5 Å². The van der Waals surface area contributed by atoms with E-state index in [-0.39, 0.29) is 26.1 Å². The summed E-state index contributed by atoms with van der Waals surface area (Å²) in [5.41, 5.74) is 0. The van der Waals surface area contributed by atoms with Crippen LogP contribution in [0.5, 0.6) is 0 Å². The van der Waals surface area contributed by atoms with Crippen molar-refractivity contribution < 1.29 is 37.6 Å². The van der Waals surface area contributed by atoms with Crippen molar-refractivity contribution in [2.45, 2.75) is 174 Å². The number of phosphoric acid groups is 1. The van der Waals surface area contributed by atoms with Crippen LogP contribution in [0.25, 0.3) is 0 Å². The van der Waals surface area contributed by atoms with Crippen LogP contribution in [0.3, 0.4) is 0 Å². The van der Waals surface area contributed by atoms with Crippen molar-refractivity contribution in [2.75, 3.05) is 33.4 Å². The number of rotatable bonds is 38. The number of allylic oxidation sites excluding steroid dienone is 8. The fourth-order valence-electron chi connectivity index (χ4n) is 5.33. The lowest BCUT2D eigenvalue weighted by molar-refractivity contribution is -0.161. The number of carbonyl (C=O) groups is 2. The highest BCUT2D eigenvalue weighted by Gasteiger charge is 2.26. The van der Waals surface area contributed by atoms with E-state index in [0.717, 1.165) is 77.0 Å². The number of ether oxygens (including phenoxy) is 2. The van der Waals surface area contributed by atoms with E-state index in [9.17, 15) is 19.0 Å². The molecule has 0 rings (SSSR count). The monoisotopic (exact) mass is 754 g/mol. The molecular formula is C42H76NO8P. The van der Waals surface area contributed by atoms with Crippen molar-refractivity contribution in [1.82, 2.24) is 5.32 Å². The number of esters is 2. The molecule has 0 spiro atoms. The molecule has 0 aromatic carbocycles. The predicted octanol–water partition coefficient (Wildman–Crippen LogP) is 11.4. The molecule has 2 atom stereocenters. The molecule has 0 radical (unpaired) electrons. The lowest BCUT2D eigenvalue weighted by Gasteiger charge is -2.20. The van der Waals surface area contributed by atoms with Crippen LogP contribution in [-0.2, 0) is 32.7 Å². The van der Waals surface area contributed by atoms with Gasteiger partial charge in [0, 0.05) is 19.4 Å². The van der Waals surface area contributed by atoms with Crippen molar-refractivity contribution in [2.24, 2.45) is 0 Å². The van der Waals surface area contributed by atoms with Gasteiger partial charge >= 0.3 is 19.8 Å². The summed E-state index contributed by atoms with van der Waals surface area (Å²) in [5, 5.41) is 2.82. The lowest BCUT2D eigenvalue weighted by atomic mass is 10.1. The highest BCUT2D eigenvalue weighted by molar-refractivity contribution is 7.47. The molecule has 0 aromatic heterocycles. The second kappa shape index (κ2) is 38.7. The zero-order chi connectivity index (χ0) is 38.2. The minimum Gasteiger partial charge on any atom is -0.462 e. The molecule has 9 nitrogen and oxygen atoms in total. The molecule has 52 heavy (non-hydrogen) atoms. The van der Waals surface area contributed by atoms with E-state index < -0.39 is 32.5 Å². The first-order valence-corrected chi connectivity index (χ1v) is 22.1. The smallest absolute Gasteiger partial charge is 0.462 e. The van der Waals surface area contributed by atoms with Crippen molar-refractivity contribution >= 4 is 19.8 Å². The molecule has 0 aliphatic carbocycles. The van der Waals surface area contributed by atoms with Crippen molar-refractivity contribution in [3.63, 3.8) is 0 Å². The third-order valence-corrected chi connectivity index (χ3v) is 9.42. The Morgan fingerprint density at radius 2 is 1.10 bits per heavy atom. The molecule has 0 aliphatic rings. The van der Waals surface area contributed by atoms with E-state index in [1.165, 1.54) is 51.4 Å². The molecule has 2 N–H and O–H groups in total. The van der Waals surface area contributed by atoms with Crippen LogP contribution in [-0.4, -0.2) is 56.3 Å². The van der Waals surface area contributed by atoms with Gasteiger partial charge < -0.3 is 19.7 Å². The van der Waals surface area contributed by atoms with Gasteiger partial charge in [0.25, 0.3) is 0 Å². The van der Waals surface area contributed by atoms with E-state index in [1.54, 1.807) is 7.05 Å². The van der Waals surface area contributed by atoms with Gasteiger partial charge in [-0.05, 0) is 77.7 Å². The van der Waals surface area contributed by atoms with E-state index in [2.05, 4.69) is 67.8 Å². The Balaban J connectivity index is 4.29. The minimum atomic E-state index is -4.35. The Kier molecular flexibility index (Phi) is 37.2. The average Bonchev–Trinajstić information content (AvgIpc) is 3.12. The van der Waals surface area contributed by atoms with E-state index in [1.807, 2.05) is 0 Å². The quantitative estimate of drug-likeness (QED) is 0.0275. The first kappa shape index (κ1) is 50.0. The van der Waals surface area contributed by atoms with Crippen LogP contribution in [0, 0.1) is 0 Å². The molecule has 10 heteroatoms. The van der Waals surface area contributed by atoms with Gasteiger partial charge in [0.1, 0.15) is 6.61 Å². The summed E-state index contributed by atoms with van der Waals surface area (Å²) >= 11 is 0. The van der Waals surface area contributed by atoms with Crippen LogP contribution in [0.4, 0.5) is 0 Å². The molecule has 0 saturated heterocycles. The Morgan fingerprint density at radius 3 is 1.65 bits per heavy atom. The summed E-state index contributed by atoms with van der Waals surface area (Å²) in [6.07, 6.45) is 41.5. The second-order valence-corrected chi connectivity index (χ2v) is 14.9. The van der Waals surface area contributed by atoms with Gasteiger partial charge in [0.15, 0.2) is 6.10 Å². The maximum Gasteiger partial charge on any atom is 0.472 e. The topological polar surface area (TPSA) is 120 Å². The zero-order valence-corrected chi connectivity index (χ0v) is 34.1. The number of likely N-dealkylation sites (N-methyl/N-ethyl adjacent to an activating group) is 1. The maximum absolute atomic E-state index is 12.6. The summed E-state index contributed by atoms with van der Waals surface area (Å²) in [5.74, 6) is -0.834. The van der Waals surface area contributed by atoms with Crippen LogP contribution in [0.1, 0.15) is 168 Å². The Labute approximate surface area is 318 Å². The van der Waals surface area contributed by atoms with Gasteiger partial charge in [-0.25, -0.2) is 4.57 Å². The summed E-state index contributed by atoms with van der Waals surface area (Å²) < 4.78 is 33.1. The molecule has 0 amide bonds. The minimum absolute atomic E-state index is 0.0221. The Morgan fingerprint density at radius 1 is 0.615 bits per heavy atom. The van der Waals surface area contributed by atoms with E-state index in [0.29, 0.717) is 19.4 Å². The van der Waals surface area contributed by atoms with Gasteiger partial charge in [0.2, 0.25) is 0 Å². The third kappa shape index (κ3) is 37.7. The molecule has 0 heterocycles. The van der Waals surface area contributed by atoms with Crippen LogP contribution in [0.15, 0.2) is 48.6 Å². The van der Waals surface area contributed by atoms with Crippen LogP contribution >= 0.6 is 7.82 Å². The van der Waals surface area contributed by atoms with Crippen molar-refractivity contribution in [3.05, 3.63) is 48.6 Å². The summed E-state index contributed by atoms with van der Waals surface area (Å²) in [4.78, 5) is 35.0. The maximum atomic E-state index is 12.6. The first-order valence-electron chi connectivity index (χ1n) is 20.6. The summed E-state index contributed by atoms with van der Waals surface area (Å²) in [6.45, 7) is 4.06. The number of hydrogen-bond donors (Lipinski definition) is 2. The van der Waals surface area contributed by atoms with Gasteiger partial charge in [-0.3, -0.25) is 18.6 Å². The largest absolute Gasteiger partial charge is 0.472 e. The highest BCUT2D eigenvalue weighted by atomic mass is 31.2. The third-order valence-electron chi connectivity index (χ3n) is 8.43. The standard InChI is InChI=1S/C42H76NO8P/c1-4-6-8-10-12-14-16-18-20-22-24-26-28-30-32-34-41(44)48-38-40(39-50-52(46,47)49-37-36-43-3)51-42(45)35-33-31-29-27-25-23-21-19-17-15-13-11-9-7-5-2/h6,8,12,14-15,17-18,20,40,43H,4-5,7,9-11,13,16,19,21-39H2,1-3H3,(H,46,47)/b8-6-,14-12-,17-15-,20-18-. The number of hydrogen-bond acceptors (Lipinski definition) is 8. The number of unbranched alkanes of at least 4 members (excludes halogenated alkanes) is 16. The lowest BCUT2D eigenvalue weighted by Crippen LogP contribution is -2.29. The molecule has 0 fully saturated rings. The van der Waals surface area contributed by atoms with Gasteiger partial charge in [-0.15, -0.1) is 0 Å². The average molecular weight is 754 g/mol. The van der Waals surface area contributed by atoms with Crippen molar-refractivity contribution in [1.29, 1.82) is 0 Å². The SMILES string of the molecule is CC/C=C\C/C=C\C/C=C\CCCCCCCC(=O)OCC(COP(=O)(O)OCCNC)OC(=O)CCCCCCCCC/C=C\CCCCCC. The van der Waals surface area contributed by atoms with E-state index >= 15 is 0 Å². The summed E-state index contributed by atoms with van der Waals surface area (Å²) in [7, 11) is -2.66. The van der Waals surface area contributed by atoms with Crippen LogP contribution in [0.2, 0.25) is 0 Å². The Bertz CT molecular complexity index is 996. The Hall–Kier alpha value is -2.03. The molecule has 302 valence electrons. The molecule has 0 saturated carbocycles. The molecule has 0 bridgehead atoms. The highest BCUT2D eigenvalue weighted by Crippen LogP contribution is 2.43.